The van der Waals surface area contributed by atoms with Crippen LogP contribution in [0.5, 0.6) is 0 Å². The number of hydrogen-bond acceptors (Lipinski definition) is 3. The lowest BCUT2D eigenvalue weighted by molar-refractivity contribution is -0.665. The fourth-order valence-corrected chi connectivity index (χ4v) is 6.23. The maximum Gasteiger partial charge on any atom is 0.410 e. The van der Waals surface area contributed by atoms with Crippen molar-refractivity contribution in [2.75, 3.05) is 26.2 Å². The zero-order valence-corrected chi connectivity index (χ0v) is 28.8. The summed E-state index contributed by atoms with van der Waals surface area (Å²) in [5, 5.41) is 13.2. The Labute approximate surface area is 282 Å². The number of halogens is 6. The van der Waals surface area contributed by atoms with Crippen molar-refractivity contribution in [1.29, 1.82) is 0 Å². The number of benzene rings is 3. The maximum atomic E-state index is 13.9. The SMILES string of the molecule is CC(C)(C)OC(=O)N1CCC(O)(c2ccc(Cl)c(F)c2)CC1.Fc1cc(C2(c3ccc(Br)cc3)CC[NH2+]CC2)ccc1Cl.[Cl-]. The molecule has 0 atom stereocenters. The summed E-state index contributed by atoms with van der Waals surface area (Å²) in [7, 11) is 0. The third-order valence-electron chi connectivity index (χ3n) is 8.12. The molecule has 2 aliphatic heterocycles. The molecule has 0 radical (unpaired) electrons. The molecule has 5 rings (SSSR count). The molecule has 3 aromatic rings. The van der Waals surface area contributed by atoms with Crippen LogP contribution in [0.25, 0.3) is 0 Å². The van der Waals surface area contributed by atoms with Crippen molar-refractivity contribution in [2.45, 2.75) is 63.1 Å². The van der Waals surface area contributed by atoms with Crippen LogP contribution in [0.1, 0.15) is 63.1 Å². The van der Waals surface area contributed by atoms with Gasteiger partial charge in [0.2, 0.25) is 0 Å². The Hall–Kier alpha value is -1.94. The Kier molecular flexibility index (Phi) is 12.5. The van der Waals surface area contributed by atoms with Gasteiger partial charge < -0.3 is 32.5 Å². The molecule has 1 amide bonds. The summed E-state index contributed by atoms with van der Waals surface area (Å²) in [5.41, 5.74) is 0.952. The molecule has 0 unspecified atom stereocenters. The molecule has 2 aliphatic rings. The summed E-state index contributed by atoms with van der Waals surface area (Å²) in [6, 6.07) is 18.0. The van der Waals surface area contributed by atoms with E-state index in [9.17, 15) is 18.7 Å². The summed E-state index contributed by atoms with van der Waals surface area (Å²) in [6.45, 7) is 8.25. The minimum absolute atomic E-state index is 0. The van der Waals surface area contributed by atoms with Crippen LogP contribution in [0.4, 0.5) is 13.6 Å². The first-order chi connectivity index (χ1) is 20.2. The van der Waals surface area contributed by atoms with Gasteiger partial charge in [-0.05, 0) is 86.7 Å². The Morgan fingerprint density at radius 1 is 0.864 bits per heavy atom. The summed E-state index contributed by atoms with van der Waals surface area (Å²) in [6.07, 6.45) is 2.28. The van der Waals surface area contributed by atoms with E-state index in [1.54, 1.807) is 23.1 Å². The third-order valence-corrected chi connectivity index (χ3v) is 9.26. The minimum atomic E-state index is -1.15. The van der Waals surface area contributed by atoms with Crippen molar-refractivity contribution < 1.29 is 41.1 Å². The molecule has 44 heavy (non-hydrogen) atoms. The molecule has 0 aliphatic carbocycles. The zero-order valence-electron chi connectivity index (χ0n) is 25.0. The van der Waals surface area contributed by atoms with E-state index in [-0.39, 0.29) is 33.7 Å². The van der Waals surface area contributed by atoms with Crippen molar-refractivity contribution in [1.82, 2.24) is 4.90 Å². The number of ether oxygens (including phenoxy) is 1. The van der Waals surface area contributed by atoms with E-state index in [1.165, 1.54) is 17.7 Å². The van der Waals surface area contributed by atoms with Gasteiger partial charge in [-0.2, -0.15) is 0 Å². The summed E-state index contributed by atoms with van der Waals surface area (Å²) >= 11 is 15.0. The first kappa shape index (κ1) is 36.5. The van der Waals surface area contributed by atoms with Gasteiger partial charge in [0, 0.05) is 35.8 Å². The molecule has 0 bridgehead atoms. The highest BCUT2D eigenvalue weighted by Gasteiger charge is 2.38. The summed E-state index contributed by atoms with van der Waals surface area (Å²) in [5.74, 6) is -0.887. The topological polar surface area (TPSA) is 66.4 Å². The standard InChI is InChI=1S/C17H16BrClFN.C16H21ClFNO3.ClH/c18-14-4-1-12(2-5-14)17(7-9-21-10-8-17)13-3-6-15(19)16(20)11-13;1-15(2,3)22-14(20)19-8-6-16(21,7-9-19)11-4-5-12(17)13(18)10-11;/h1-6,11,21H,7-10H2;4-5,10,21H,6-9H2,1-3H3;1H. The van der Waals surface area contributed by atoms with Gasteiger partial charge in [-0.15, -0.1) is 0 Å². The zero-order chi connectivity index (χ0) is 31.4. The summed E-state index contributed by atoms with van der Waals surface area (Å²) < 4.78 is 33.9. The quantitative estimate of drug-likeness (QED) is 0.415. The van der Waals surface area contributed by atoms with Crippen molar-refractivity contribution in [3.05, 3.63) is 104 Å². The number of piperidine rings is 2. The molecule has 240 valence electrons. The van der Waals surface area contributed by atoms with Crippen LogP contribution in [0, 0.1) is 11.6 Å². The van der Waals surface area contributed by atoms with E-state index >= 15 is 0 Å². The van der Waals surface area contributed by atoms with E-state index in [0.29, 0.717) is 31.5 Å². The summed E-state index contributed by atoms with van der Waals surface area (Å²) in [4.78, 5) is 13.6. The average Bonchev–Trinajstić information content (AvgIpc) is 2.96. The Morgan fingerprint density at radius 2 is 1.34 bits per heavy atom. The van der Waals surface area contributed by atoms with Gasteiger partial charge in [0.25, 0.3) is 0 Å². The van der Waals surface area contributed by atoms with Gasteiger partial charge in [-0.25, -0.2) is 13.6 Å². The molecule has 11 heteroatoms. The number of amides is 1. The highest BCUT2D eigenvalue weighted by molar-refractivity contribution is 9.10. The second-order valence-electron chi connectivity index (χ2n) is 12.2. The number of nitrogens with zero attached hydrogens (tertiary/aromatic N) is 1. The number of quaternary nitrogens is 1. The maximum absolute atomic E-state index is 13.9. The number of carbonyl (C=O) groups excluding carboxylic acids is 1. The van der Waals surface area contributed by atoms with Crippen LogP contribution in [0.2, 0.25) is 10.0 Å². The van der Waals surface area contributed by atoms with Crippen LogP contribution in [-0.4, -0.2) is 47.9 Å². The molecule has 2 fully saturated rings. The first-order valence-electron chi connectivity index (χ1n) is 14.4. The van der Waals surface area contributed by atoms with Crippen molar-refractivity contribution >= 4 is 45.2 Å². The minimum Gasteiger partial charge on any atom is -1.00 e. The van der Waals surface area contributed by atoms with E-state index in [2.05, 4.69) is 45.5 Å². The predicted molar refractivity (Wildman–Crippen MR) is 170 cm³/mol. The smallest absolute Gasteiger partial charge is 0.410 e. The lowest BCUT2D eigenvalue weighted by Crippen LogP contribution is -3.00. The number of carbonyl (C=O) groups is 1. The van der Waals surface area contributed by atoms with Gasteiger partial charge in [-0.3, -0.25) is 0 Å². The molecular formula is C33H38BrCl3F2N2O3. The Bertz CT molecular complexity index is 1420. The highest BCUT2D eigenvalue weighted by atomic mass is 79.9. The van der Waals surface area contributed by atoms with Crippen LogP contribution < -0.4 is 17.7 Å². The molecule has 0 spiro atoms. The van der Waals surface area contributed by atoms with E-state index in [4.69, 9.17) is 27.9 Å². The molecular weight excluding hydrogens is 697 g/mol. The molecule has 5 nitrogen and oxygen atoms in total. The number of rotatable bonds is 3. The fraction of sp³-hybridized carbons (Fsp3) is 0.424. The van der Waals surface area contributed by atoms with Crippen LogP contribution in [0.15, 0.2) is 65.1 Å². The molecule has 2 saturated heterocycles. The fourth-order valence-electron chi connectivity index (χ4n) is 5.73. The number of nitrogens with two attached hydrogens (primary N) is 1. The molecule has 3 N–H and O–H groups in total. The normalized spacial score (nSPS) is 17.5. The van der Waals surface area contributed by atoms with Crippen LogP contribution in [-0.2, 0) is 15.8 Å². The number of aliphatic hydroxyl groups is 1. The van der Waals surface area contributed by atoms with Crippen LogP contribution in [0.3, 0.4) is 0 Å². The Morgan fingerprint density at radius 3 is 1.84 bits per heavy atom. The third kappa shape index (κ3) is 8.86. The van der Waals surface area contributed by atoms with Crippen molar-refractivity contribution in [3.8, 4) is 0 Å². The predicted octanol–water partition coefficient (Wildman–Crippen LogP) is 4.59. The van der Waals surface area contributed by atoms with Gasteiger partial charge in [0.15, 0.2) is 0 Å². The lowest BCUT2D eigenvalue weighted by Gasteiger charge is -2.39. The Balaban J connectivity index is 0.000000235. The second-order valence-corrected chi connectivity index (χ2v) is 13.9. The van der Waals surface area contributed by atoms with Crippen molar-refractivity contribution in [2.24, 2.45) is 0 Å². The van der Waals surface area contributed by atoms with Crippen LogP contribution >= 0.6 is 39.1 Å². The second kappa shape index (κ2) is 15.1. The van der Waals surface area contributed by atoms with Gasteiger partial charge >= 0.3 is 6.09 Å². The number of likely N-dealkylation sites (tertiary alicyclic amines) is 1. The molecule has 3 aromatic carbocycles. The van der Waals surface area contributed by atoms with Gasteiger partial charge in [0.1, 0.15) is 17.2 Å². The monoisotopic (exact) mass is 732 g/mol. The highest BCUT2D eigenvalue weighted by Crippen LogP contribution is 2.40. The lowest BCUT2D eigenvalue weighted by atomic mass is 9.68. The largest absolute Gasteiger partial charge is 1.00 e. The van der Waals surface area contributed by atoms with E-state index < -0.39 is 23.1 Å². The molecule has 2 heterocycles. The first-order valence-corrected chi connectivity index (χ1v) is 16.0. The molecule has 0 saturated carbocycles. The average molecular weight is 735 g/mol. The number of hydrogen-bond donors (Lipinski definition) is 2. The van der Waals surface area contributed by atoms with Gasteiger partial charge in [0.05, 0.1) is 28.7 Å². The van der Waals surface area contributed by atoms with Crippen molar-refractivity contribution in [3.63, 3.8) is 0 Å². The molecule has 0 aromatic heterocycles. The van der Waals surface area contributed by atoms with E-state index in [1.807, 2.05) is 26.8 Å². The van der Waals surface area contributed by atoms with E-state index in [0.717, 1.165) is 36.0 Å². The van der Waals surface area contributed by atoms with Gasteiger partial charge in [-0.1, -0.05) is 63.4 Å².